The molecule has 1 saturated heterocycles. The second-order valence-corrected chi connectivity index (χ2v) is 10.3. The Morgan fingerprint density at radius 3 is 2.53 bits per heavy atom. The highest BCUT2D eigenvalue weighted by Crippen LogP contribution is 2.44. The third-order valence-electron chi connectivity index (χ3n) is 7.94. The average Bonchev–Trinajstić information content (AvgIpc) is 3.52. The second kappa shape index (κ2) is 11.6. The molecule has 202 valence electrons. The van der Waals surface area contributed by atoms with Crippen LogP contribution in [0.25, 0.3) is 10.8 Å². The number of carbonyl (C=O) groups excluding carboxylic acids is 1. The molecule has 2 atom stereocenters. The third kappa shape index (κ3) is 5.32. The molecule has 1 amide bonds. The van der Waals surface area contributed by atoms with Crippen molar-refractivity contribution >= 4 is 16.7 Å². The topological polar surface area (TPSA) is 51.2 Å². The molecule has 6 rings (SSSR count). The normalized spacial score (nSPS) is 20.5. The molecule has 0 spiro atoms. The summed E-state index contributed by atoms with van der Waals surface area (Å²) in [7, 11) is 1.60. The van der Waals surface area contributed by atoms with Crippen molar-refractivity contribution in [1.82, 2.24) is 9.80 Å². The molecule has 0 bridgehead atoms. The number of fused-ring (bicyclic) bond motifs is 2. The summed E-state index contributed by atoms with van der Waals surface area (Å²) >= 11 is 0. The number of hydrogen-bond donors (Lipinski definition) is 0. The minimum absolute atomic E-state index is 0.00660. The highest BCUT2D eigenvalue weighted by molar-refractivity contribution is 5.96. The van der Waals surface area contributed by atoms with E-state index >= 15 is 0 Å². The lowest BCUT2D eigenvalue weighted by molar-refractivity contribution is 0.0591. The minimum Gasteiger partial charge on any atom is -0.493 e. The first kappa shape index (κ1) is 26.4. The van der Waals surface area contributed by atoms with Gasteiger partial charge in [-0.2, -0.15) is 0 Å². The number of methoxy groups -OCH3 is 1. The largest absolute Gasteiger partial charge is 0.493 e. The molecule has 1 aliphatic carbocycles. The smallest absolute Gasteiger partial charge is 0.254 e. The van der Waals surface area contributed by atoms with E-state index in [0.29, 0.717) is 41.4 Å². The van der Waals surface area contributed by atoms with E-state index in [1.54, 1.807) is 19.2 Å². The van der Waals surface area contributed by atoms with Gasteiger partial charge in [0.2, 0.25) is 12.0 Å². The summed E-state index contributed by atoms with van der Waals surface area (Å²) in [6.45, 7) is 8.26. The van der Waals surface area contributed by atoms with Crippen molar-refractivity contribution in [3.05, 3.63) is 65.7 Å². The summed E-state index contributed by atoms with van der Waals surface area (Å²) in [5, 5.41) is 2.40. The van der Waals surface area contributed by atoms with Crippen LogP contribution in [0, 0.1) is 0 Å². The van der Waals surface area contributed by atoms with Crippen molar-refractivity contribution in [2.24, 2.45) is 0 Å². The molecule has 1 unspecified atom stereocenters. The van der Waals surface area contributed by atoms with E-state index in [1.165, 1.54) is 36.5 Å². The number of amides is 1. The van der Waals surface area contributed by atoms with Gasteiger partial charge in [-0.25, -0.2) is 0 Å². The van der Waals surface area contributed by atoms with Gasteiger partial charge >= 0.3 is 0 Å². The Morgan fingerprint density at radius 1 is 1.00 bits per heavy atom. The molecule has 2 heterocycles. The van der Waals surface area contributed by atoms with E-state index in [9.17, 15) is 4.79 Å². The molecule has 0 aromatic heterocycles. The first-order valence-electron chi connectivity index (χ1n) is 14.2. The van der Waals surface area contributed by atoms with Crippen LogP contribution in [0.5, 0.6) is 17.2 Å². The zero-order valence-electron chi connectivity index (χ0n) is 23.1. The second-order valence-electron chi connectivity index (χ2n) is 10.3. The average molecular weight is 517 g/mol. The molecule has 1 saturated carbocycles. The van der Waals surface area contributed by atoms with Gasteiger partial charge in [0.25, 0.3) is 5.91 Å². The fraction of sp³-hybridized carbons (Fsp3) is 0.469. The standard InChI is InChI=1S/C30H34N2O4.C2H6/c1-20-35-28-17-24(16-27(34-2)29(28)36-20)30(33)31(19-26-11-6-14-32(26)25-9-5-10-25)18-21-12-13-22-7-3-4-8-23(22)15-21;1-2/h3-4,7-8,12-13,15-17,20,25-26H,5-6,9-11,14,18-19H2,1-2H3;1-2H3/t20?,26-;/m0./s1. The Kier molecular flexibility index (Phi) is 8.08. The number of carbonyl (C=O) groups is 1. The van der Waals surface area contributed by atoms with E-state index in [4.69, 9.17) is 14.2 Å². The molecule has 0 N–H and O–H groups in total. The molecule has 3 aromatic rings. The zero-order chi connectivity index (χ0) is 26.6. The lowest BCUT2D eigenvalue weighted by atomic mass is 9.91. The van der Waals surface area contributed by atoms with Gasteiger partial charge in [0, 0.05) is 37.7 Å². The van der Waals surface area contributed by atoms with Crippen LogP contribution < -0.4 is 14.2 Å². The van der Waals surface area contributed by atoms with Crippen LogP contribution in [-0.2, 0) is 6.54 Å². The summed E-state index contributed by atoms with van der Waals surface area (Å²) < 4.78 is 17.1. The molecule has 2 fully saturated rings. The summed E-state index contributed by atoms with van der Waals surface area (Å²) in [6.07, 6.45) is 5.83. The van der Waals surface area contributed by atoms with Gasteiger partial charge in [-0.05, 0) is 66.8 Å². The maximum atomic E-state index is 14.1. The van der Waals surface area contributed by atoms with Crippen molar-refractivity contribution in [3.63, 3.8) is 0 Å². The van der Waals surface area contributed by atoms with Crippen molar-refractivity contribution < 1.29 is 19.0 Å². The van der Waals surface area contributed by atoms with Crippen molar-refractivity contribution in [2.45, 2.75) is 77.8 Å². The Morgan fingerprint density at radius 2 is 1.79 bits per heavy atom. The molecule has 2 aliphatic heterocycles. The van der Waals surface area contributed by atoms with Gasteiger partial charge in [0.15, 0.2) is 11.5 Å². The molecule has 6 heteroatoms. The molecule has 38 heavy (non-hydrogen) atoms. The Balaban J connectivity index is 0.00000144. The van der Waals surface area contributed by atoms with Gasteiger partial charge in [-0.3, -0.25) is 9.69 Å². The third-order valence-corrected chi connectivity index (χ3v) is 7.94. The van der Waals surface area contributed by atoms with Crippen LogP contribution in [0.15, 0.2) is 54.6 Å². The van der Waals surface area contributed by atoms with Crippen LogP contribution in [0.2, 0.25) is 0 Å². The summed E-state index contributed by atoms with van der Waals surface area (Å²) in [4.78, 5) is 18.7. The summed E-state index contributed by atoms with van der Waals surface area (Å²) in [5.41, 5.74) is 1.70. The van der Waals surface area contributed by atoms with E-state index in [1.807, 2.05) is 25.7 Å². The molecule has 3 aliphatic rings. The first-order chi connectivity index (χ1) is 18.6. The SMILES string of the molecule is CC.COc1cc(C(=O)N(Cc2ccc3ccccc3c2)C[C@@H]2CCCN2C2CCC2)cc2c1OC(C)O2. The monoisotopic (exact) mass is 516 g/mol. The van der Waals surface area contributed by atoms with Gasteiger partial charge in [0.1, 0.15) is 0 Å². The Hall–Kier alpha value is -3.25. The number of benzene rings is 3. The van der Waals surface area contributed by atoms with E-state index in [2.05, 4.69) is 47.4 Å². The molecular formula is C32H40N2O4. The van der Waals surface area contributed by atoms with Crippen LogP contribution in [0.1, 0.15) is 68.8 Å². The first-order valence-corrected chi connectivity index (χ1v) is 14.2. The quantitative estimate of drug-likeness (QED) is 0.352. The number of ether oxygens (including phenoxy) is 3. The van der Waals surface area contributed by atoms with E-state index in [0.717, 1.165) is 25.1 Å². The van der Waals surface area contributed by atoms with Crippen LogP contribution in [0.4, 0.5) is 0 Å². The summed E-state index contributed by atoms with van der Waals surface area (Å²) in [5.74, 6) is 1.65. The van der Waals surface area contributed by atoms with E-state index in [-0.39, 0.29) is 5.91 Å². The molecule has 0 radical (unpaired) electrons. The number of nitrogens with zero attached hydrogens (tertiary/aromatic N) is 2. The maximum absolute atomic E-state index is 14.1. The predicted molar refractivity (Wildman–Crippen MR) is 151 cm³/mol. The predicted octanol–water partition coefficient (Wildman–Crippen LogP) is 6.65. The minimum atomic E-state index is -0.400. The zero-order valence-corrected chi connectivity index (χ0v) is 23.1. The van der Waals surface area contributed by atoms with Crippen molar-refractivity contribution in [2.75, 3.05) is 20.2 Å². The lowest BCUT2D eigenvalue weighted by Gasteiger charge is -2.40. The molecular weight excluding hydrogens is 476 g/mol. The van der Waals surface area contributed by atoms with Gasteiger partial charge in [0.05, 0.1) is 7.11 Å². The Bertz CT molecular complexity index is 1270. The maximum Gasteiger partial charge on any atom is 0.254 e. The number of likely N-dealkylation sites (tertiary alicyclic amines) is 1. The number of rotatable bonds is 7. The number of hydrogen-bond acceptors (Lipinski definition) is 5. The van der Waals surface area contributed by atoms with Gasteiger partial charge < -0.3 is 19.1 Å². The van der Waals surface area contributed by atoms with Crippen molar-refractivity contribution in [1.29, 1.82) is 0 Å². The van der Waals surface area contributed by atoms with Crippen molar-refractivity contribution in [3.8, 4) is 17.2 Å². The van der Waals surface area contributed by atoms with Crippen LogP contribution in [-0.4, -0.2) is 54.3 Å². The highest BCUT2D eigenvalue weighted by Gasteiger charge is 2.36. The fourth-order valence-electron chi connectivity index (χ4n) is 5.89. The van der Waals surface area contributed by atoms with Crippen LogP contribution >= 0.6 is 0 Å². The van der Waals surface area contributed by atoms with Gasteiger partial charge in [-0.1, -0.05) is 56.7 Å². The molecule has 6 nitrogen and oxygen atoms in total. The lowest BCUT2D eigenvalue weighted by Crippen LogP contribution is -2.48. The van der Waals surface area contributed by atoms with Crippen LogP contribution in [0.3, 0.4) is 0 Å². The Labute approximate surface area is 226 Å². The van der Waals surface area contributed by atoms with Gasteiger partial charge in [-0.15, -0.1) is 0 Å². The highest BCUT2D eigenvalue weighted by atomic mass is 16.7. The molecule has 3 aromatic carbocycles. The fourth-order valence-corrected chi connectivity index (χ4v) is 5.89. The van der Waals surface area contributed by atoms with E-state index < -0.39 is 6.29 Å². The summed E-state index contributed by atoms with van der Waals surface area (Å²) in [6, 6.07) is 19.5.